The van der Waals surface area contributed by atoms with Gasteiger partial charge in [-0.1, -0.05) is 39.3 Å². The van der Waals surface area contributed by atoms with Crippen molar-refractivity contribution >= 4 is 39.1 Å². The SMILES string of the molecule is COc1ccc(Cl)cc1S(=O)(=O)Nc1cnc(N(CC(C)C)CC(C)C)c(C(=O)O)c1. The Morgan fingerprint density at radius 3 is 2.32 bits per heavy atom. The van der Waals surface area contributed by atoms with Crippen LogP contribution in [0.1, 0.15) is 38.1 Å². The molecule has 0 amide bonds. The molecule has 0 aliphatic carbocycles. The van der Waals surface area contributed by atoms with Crippen LogP contribution in [0.5, 0.6) is 5.75 Å². The highest BCUT2D eigenvalue weighted by atomic mass is 35.5. The average molecular weight is 470 g/mol. The molecule has 1 aromatic heterocycles. The van der Waals surface area contributed by atoms with Crippen molar-refractivity contribution in [2.45, 2.75) is 32.6 Å². The van der Waals surface area contributed by atoms with Crippen molar-refractivity contribution in [1.82, 2.24) is 4.98 Å². The van der Waals surface area contributed by atoms with Crippen LogP contribution < -0.4 is 14.4 Å². The summed E-state index contributed by atoms with van der Waals surface area (Å²) in [6.07, 6.45) is 1.31. The second-order valence-electron chi connectivity index (χ2n) is 7.99. The zero-order valence-corrected chi connectivity index (χ0v) is 19.8. The number of sulfonamides is 1. The van der Waals surface area contributed by atoms with Crippen molar-refractivity contribution in [3.63, 3.8) is 0 Å². The average Bonchev–Trinajstić information content (AvgIpc) is 2.66. The minimum atomic E-state index is -4.10. The third kappa shape index (κ3) is 6.48. The summed E-state index contributed by atoms with van der Waals surface area (Å²) >= 11 is 5.94. The lowest BCUT2D eigenvalue weighted by atomic mass is 10.1. The lowest BCUT2D eigenvalue weighted by molar-refractivity contribution is 0.0697. The number of nitrogens with one attached hydrogen (secondary N) is 1. The van der Waals surface area contributed by atoms with Gasteiger partial charge in [0.05, 0.1) is 19.0 Å². The molecule has 2 N–H and O–H groups in total. The Kier molecular flexibility index (Phi) is 8.14. The van der Waals surface area contributed by atoms with Gasteiger partial charge in [0.15, 0.2) is 0 Å². The first kappa shape index (κ1) is 24.7. The molecule has 0 saturated heterocycles. The first-order valence-corrected chi connectivity index (χ1v) is 11.6. The second-order valence-corrected chi connectivity index (χ2v) is 10.1. The fraction of sp³-hybridized carbons (Fsp3) is 0.429. The van der Waals surface area contributed by atoms with E-state index >= 15 is 0 Å². The molecule has 0 aliphatic heterocycles. The second kappa shape index (κ2) is 10.2. The predicted molar refractivity (Wildman–Crippen MR) is 122 cm³/mol. The lowest BCUT2D eigenvalue weighted by Gasteiger charge is -2.28. The van der Waals surface area contributed by atoms with Crippen molar-refractivity contribution in [1.29, 1.82) is 0 Å². The molecule has 2 aromatic rings. The quantitative estimate of drug-likeness (QED) is 0.532. The molecule has 10 heteroatoms. The molecule has 0 fully saturated rings. The Bertz CT molecular complexity index is 1030. The number of aromatic nitrogens is 1. The van der Waals surface area contributed by atoms with E-state index in [9.17, 15) is 18.3 Å². The van der Waals surface area contributed by atoms with Crippen molar-refractivity contribution in [3.05, 3.63) is 41.0 Å². The number of carboxylic acids is 1. The number of carboxylic acid groups (broad SMARTS) is 1. The molecular weight excluding hydrogens is 442 g/mol. The number of ether oxygens (including phenoxy) is 1. The number of halogens is 1. The maximum absolute atomic E-state index is 12.9. The normalized spacial score (nSPS) is 11.6. The molecule has 170 valence electrons. The van der Waals surface area contributed by atoms with Crippen LogP contribution in [0.2, 0.25) is 5.02 Å². The summed E-state index contributed by atoms with van der Waals surface area (Å²) in [6, 6.07) is 5.48. The van der Waals surface area contributed by atoms with Gasteiger partial charge in [0, 0.05) is 18.1 Å². The van der Waals surface area contributed by atoms with Gasteiger partial charge in [-0.2, -0.15) is 0 Å². The highest BCUT2D eigenvalue weighted by Gasteiger charge is 2.24. The Morgan fingerprint density at radius 2 is 1.81 bits per heavy atom. The maximum atomic E-state index is 12.9. The summed E-state index contributed by atoms with van der Waals surface area (Å²) in [7, 11) is -2.75. The Hall–Kier alpha value is -2.52. The highest BCUT2D eigenvalue weighted by Crippen LogP contribution is 2.30. The van der Waals surface area contributed by atoms with E-state index in [1.165, 1.54) is 37.6 Å². The minimum absolute atomic E-state index is 0.0252. The van der Waals surface area contributed by atoms with Gasteiger partial charge in [-0.05, 0) is 36.1 Å². The Balaban J connectivity index is 2.47. The maximum Gasteiger partial charge on any atom is 0.339 e. The summed E-state index contributed by atoms with van der Waals surface area (Å²) in [5.74, 6) is -0.203. The zero-order chi connectivity index (χ0) is 23.3. The zero-order valence-electron chi connectivity index (χ0n) is 18.2. The molecule has 0 saturated carbocycles. The summed E-state index contributed by atoms with van der Waals surface area (Å²) in [6.45, 7) is 9.39. The Morgan fingerprint density at radius 1 is 1.19 bits per heavy atom. The number of hydrogen-bond acceptors (Lipinski definition) is 6. The van der Waals surface area contributed by atoms with Gasteiger partial charge in [0.2, 0.25) is 0 Å². The third-order valence-electron chi connectivity index (χ3n) is 4.24. The molecule has 0 aliphatic rings. The van der Waals surface area contributed by atoms with Gasteiger partial charge in [0.25, 0.3) is 10.0 Å². The van der Waals surface area contributed by atoms with Gasteiger partial charge in [-0.3, -0.25) is 4.72 Å². The molecule has 0 radical (unpaired) electrons. The lowest BCUT2D eigenvalue weighted by Crippen LogP contribution is -2.33. The number of aromatic carboxylic acids is 1. The van der Waals surface area contributed by atoms with Crippen LogP contribution in [0.3, 0.4) is 0 Å². The number of anilines is 2. The minimum Gasteiger partial charge on any atom is -0.495 e. The van der Waals surface area contributed by atoms with Crippen molar-refractivity contribution in [3.8, 4) is 5.75 Å². The first-order chi connectivity index (χ1) is 14.4. The molecule has 1 heterocycles. The van der Waals surface area contributed by atoms with E-state index in [-0.39, 0.29) is 38.8 Å². The number of carbonyl (C=O) groups is 1. The number of benzene rings is 1. The molecule has 8 nitrogen and oxygen atoms in total. The van der Waals surface area contributed by atoms with E-state index in [1.54, 1.807) is 0 Å². The third-order valence-corrected chi connectivity index (χ3v) is 5.87. The van der Waals surface area contributed by atoms with Crippen LogP contribution in [-0.4, -0.2) is 44.7 Å². The van der Waals surface area contributed by atoms with Crippen LogP contribution in [0, 0.1) is 11.8 Å². The molecule has 0 unspecified atom stereocenters. The van der Waals surface area contributed by atoms with Crippen molar-refractivity contribution in [2.75, 3.05) is 29.8 Å². The van der Waals surface area contributed by atoms with Crippen LogP contribution in [0.4, 0.5) is 11.5 Å². The molecule has 31 heavy (non-hydrogen) atoms. The fourth-order valence-electron chi connectivity index (χ4n) is 3.12. The molecular formula is C21H28ClN3O5S. The highest BCUT2D eigenvalue weighted by molar-refractivity contribution is 7.92. The summed E-state index contributed by atoms with van der Waals surface area (Å²) < 4.78 is 33.3. The number of rotatable bonds is 10. The van der Waals surface area contributed by atoms with Crippen LogP contribution >= 0.6 is 11.6 Å². The standard InChI is InChI=1S/C21H28ClN3O5S/c1-13(2)11-25(12-14(3)4)20-17(21(26)27)9-16(10-23-20)24-31(28,29)19-8-15(22)6-7-18(19)30-5/h6-10,13-14,24H,11-12H2,1-5H3,(H,26,27). The largest absolute Gasteiger partial charge is 0.495 e. The van der Waals surface area contributed by atoms with E-state index < -0.39 is 16.0 Å². The van der Waals surface area contributed by atoms with Crippen LogP contribution in [-0.2, 0) is 10.0 Å². The van der Waals surface area contributed by atoms with Gasteiger partial charge in [-0.25, -0.2) is 18.2 Å². The van der Waals surface area contributed by atoms with Crippen LogP contribution in [0.25, 0.3) is 0 Å². The van der Waals surface area contributed by atoms with Crippen molar-refractivity contribution in [2.24, 2.45) is 11.8 Å². The first-order valence-electron chi connectivity index (χ1n) is 9.79. The number of pyridine rings is 1. The van der Waals surface area contributed by atoms with Gasteiger partial charge in [-0.15, -0.1) is 0 Å². The topological polar surface area (TPSA) is 109 Å². The number of nitrogens with zero attached hydrogens (tertiary/aromatic N) is 2. The molecule has 1 aromatic carbocycles. The molecule has 0 spiro atoms. The van der Waals surface area contributed by atoms with E-state index in [1.807, 2.05) is 32.6 Å². The smallest absolute Gasteiger partial charge is 0.339 e. The fourth-order valence-corrected chi connectivity index (χ4v) is 4.59. The Labute approximate surface area is 188 Å². The van der Waals surface area contributed by atoms with Gasteiger partial charge >= 0.3 is 5.97 Å². The van der Waals surface area contributed by atoms with E-state index in [0.717, 1.165) is 0 Å². The predicted octanol–water partition coefficient (Wildman–Crippen LogP) is 4.36. The number of methoxy groups -OCH3 is 1. The van der Waals surface area contributed by atoms with Crippen molar-refractivity contribution < 1.29 is 23.1 Å². The van der Waals surface area contributed by atoms with E-state index in [2.05, 4.69) is 9.71 Å². The van der Waals surface area contributed by atoms with Crippen LogP contribution in [0.15, 0.2) is 35.4 Å². The summed E-state index contributed by atoms with van der Waals surface area (Å²) in [4.78, 5) is 18.0. The monoisotopic (exact) mass is 469 g/mol. The number of hydrogen-bond donors (Lipinski definition) is 2. The molecule has 0 atom stereocenters. The van der Waals surface area contributed by atoms with Gasteiger partial charge < -0.3 is 14.7 Å². The van der Waals surface area contributed by atoms with Gasteiger partial charge in [0.1, 0.15) is 22.0 Å². The summed E-state index contributed by atoms with van der Waals surface area (Å²) in [5.41, 5.74) is -0.0585. The molecule has 2 rings (SSSR count). The van der Waals surface area contributed by atoms with E-state index in [0.29, 0.717) is 18.9 Å². The molecule has 0 bridgehead atoms. The summed E-state index contributed by atoms with van der Waals surface area (Å²) in [5, 5.41) is 9.98. The van der Waals surface area contributed by atoms with E-state index in [4.69, 9.17) is 16.3 Å².